The summed E-state index contributed by atoms with van der Waals surface area (Å²) in [7, 11) is 0. The minimum atomic E-state index is -0.825. The Labute approximate surface area is 456 Å². The largest absolute Gasteiger partial charge is 0.507 e. The number of hydrogen-bond acceptors (Lipinski definition) is 17. The van der Waals surface area contributed by atoms with Gasteiger partial charge in [-0.1, -0.05) is 43.3 Å². The zero-order valence-electron chi connectivity index (χ0n) is 45.1. The third-order valence-electron chi connectivity index (χ3n) is 17.3. The molecule has 6 fully saturated rings. The van der Waals surface area contributed by atoms with E-state index in [0.29, 0.717) is 40.2 Å². The number of nitrogens with zero attached hydrogens (tertiary/aromatic N) is 10. The summed E-state index contributed by atoms with van der Waals surface area (Å²) in [6.07, 6.45) is 10.9. The number of carbonyl (C=O) groups is 2. The Morgan fingerprint density at radius 2 is 1.60 bits per heavy atom. The monoisotopic (exact) mass is 1060 g/mol. The van der Waals surface area contributed by atoms with E-state index in [9.17, 15) is 25.1 Å². The minimum absolute atomic E-state index is 0.0646. The van der Waals surface area contributed by atoms with E-state index in [-0.39, 0.29) is 72.9 Å². The number of aromatic nitrogens is 4. The van der Waals surface area contributed by atoms with Gasteiger partial charge in [-0.2, -0.15) is 5.26 Å². The van der Waals surface area contributed by atoms with Gasteiger partial charge in [-0.15, -0.1) is 10.2 Å². The van der Waals surface area contributed by atoms with E-state index in [2.05, 4.69) is 63.5 Å². The maximum atomic E-state index is 14.3. The standard InChI is InChI=1S/C59H74N12O7/c1-36(2)56(59(75)70-35-44(72)26-51(70)58(74)63-37(3)40-13-11-38(31-60)12-14-40)53-30-54(66-78-53)68-23-16-39(17-24-68)32-67-21-18-45(19-22-67)76-46-27-47(28-46)77-55-25-41(15-20-62-55)71-42-7-6-8-43(71)34-69(33-42)50-29-49(64-65-57(50)61)48-9-4-5-10-52(48)73/h4-5,9-15,20,25,29-30,36-37,39,42-47,51,56,72-73H,6-8,16-19,21-24,26-28,32-35H2,1-3H3,(H2,61,65)(H,63,74)/t37-,42?,43?,44+,46-,47-,51-,56+/m0/s1. The molecule has 2 bridgehead atoms. The molecule has 2 amide bonds. The number of fused-ring (bicyclic) bond motifs is 2. The van der Waals surface area contributed by atoms with E-state index in [4.69, 9.17) is 19.7 Å². The van der Waals surface area contributed by atoms with Crippen LogP contribution in [-0.4, -0.2) is 147 Å². The predicted octanol–water partition coefficient (Wildman–Crippen LogP) is 6.82. The van der Waals surface area contributed by atoms with Crippen molar-refractivity contribution < 1.29 is 33.8 Å². The van der Waals surface area contributed by atoms with Crippen LogP contribution in [0.2, 0.25) is 0 Å². The molecule has 5 aliphatic heterocycles. The molecule has 5 N–H and O–H groups in total. The average Bonchev–Trinajstić information content (AvgIpc) is 4.08. The number of nitriles is 1. The lowest BCUT2D eigenvalue weighted by Gasteiger charge is -2.52. The van der Waals surface area contributed by atoms with Crippen molar-refractivity contribution in [2.75, 3.05) is 72.8 Å². The third kappa shape index (κ3) is 11.6. The highest BCUT2D eigenvalue weighted by molar-refractivity contribution is 5.91. The van der Waals surface area contributed by atoms with Crippen molar-refractivity contribution in [3.8, 4) is 29.0 Å². The first-order valence-corrected chi connectivity index (χ1v) is 28.3. The van der Waals surface area contributed by atoms with E-state index in [1.54, 1.807) is 24.3 Å². The summed E-state index contributed by atoms with van der Waals surface area (Å²) in [6.45, 7) is 12.3. The van der Waals surface area contributed by atoms with E-state index < -0.39 is 18.1 Å². The van der Waals surface area contributed by atoms with Gasteiger partial charge in [0.1, 0.15) is 23.8 Å². The molecule has 6 atom stereocenters. The number of amides is 2. The molecule has 2 unspecified atom stereocenters. The number of anilines is 4. The van der Waals surface area contributed by atoms with Gasteiger partial charge in [0.15, 0.2) is 17.4 Å². The predicted molar refractivity (Wildman–Crippen MR) is 295 cm³/mol. The van der Waals surface area contributed by atoms with Crippen molar-refractivity contribution in [2.24, 2.45) is 11.8 Å². The molecule has 5 saturated heterocycles. The van der Waals surface area contributed by atoms with Gasteiger partial charge in [-0.05, 0) is 106 Å². The number of aromatic hydroxyl groups is 1. The topological polar surface area (TPSA) is 236 Å². The number of β-amino-alcohol motifs (C(OH)–C–C–N with tert-alkyl or cyclic N) is 1. The molecule has 1 aliphatic carbocycles. The summed E-state index contributed by atoms with van der Waals surface area (Å²) in [5.74, 6) is 1.59. The van der Waals surface area contributed by atoms with Crippen LogP contribution in [-0.2, 0) is 14.3 Å². The van der Waals surface area contributed by atoms with Crippen molar-refractivity contribution in [3.05, 3.63) is 95.9 Å². The van der Waals surface area contributed by atoms with Gasteiger partial charge < -0.3 is 59.8 Å². The minimum Gasteiger partial charge on any atom is -0.507 e. The fourth-order valence-corrected chi connectivity index (χ4v) is 13.0. The van der Waals surface area contributed by atoms with E-state index >= 15 is 0 Å². The fraction of sp³-hybridized carbons (Fsp3) is 0.542. The molecule has 0 spiro atoms. The average molecular weight is 1060 g/mol. The maximum absolute atomic E-state index is 14.3. The summed E-state index contributed by atoms with van der Waals surface area (Å²) in [5.41, 5.74) is 11.0. The zero-order valence-corrected chi connectivity index (χ0v) is 45.1. The number of nitrogen functional groups attached to an aromatic ring is 1. The van der Waals surface area contributed by atoms with Crippen LogP contribution in [0.15, 0.2) is 83.5 Å². The van der Waals surface area contributed by atoms with Crippen molar-refractivity contribution >= 4 is 34.8 Å². The molecule has 412 valence electrons. The molecule has 6 aliphatic rings. The van der Waals surface area contributed by atoms with Crippen LogP contribution >= 0.6 is 0 Å². The molecule has 11 rings (SSSR count). The van der Waals surface area contributed by atoms with Crippen LogP contribution in [0.3, 0.4) is 0 Å². The Hall–Kier alpha value is -7.01. The van der Waals surface area contributed by atoms with Gasteiger partial charge in [0, 0.05) is 113 Å². The Kier molecular flexibility index (Phi) is 15.7. The molecule has 19 nitrogen and oxygen atoms in total. The molecule has 8 heterocycles. The second-order valence-corrected chi connectivity index (χ2v) is 23.0. The molecule has 2 aromatic carbocycles. The molecular formula is C59H74N12O7. The lowest BCUT2D eigenvalue weighted by Crippen LogP contribution is -2.61. The number of para-hydroxylation sites is 1. The van der Waals surface area contributed by atoms with E-state index in [1.807, 2.05) is 63.4 Å². The summed E-state index contributed by atoms with van der Waals surface area (Å²) in [6, 6.07) is 23.8. The summed E-state index contributed by atoms with van der Waals surface area (Å²) in [4.78, 5) is 43.8. The molecule has 5 aromatic rings. The fourth-order valence-electron chi connectivity index (χ4n) is 13.0. The smallest absolute Gasteiger partial charge is 0.243 e. The highest BCUT2D eigenvalue weighted by Crippen LogP contribution is 2.40. The molecular weight excluding hydrogens is 989 g/mol. The number of carbonyl (C=O) groups excluding carboxylic acids is 2. The Morgan fingerprint density at radius 1 is 0.859 bits per heavy atom. The van der Waals surface area contributed by atoms with Crippen LogP contribution in [0.5, 0.6) is 11.6 Å². The number of phenols is 1. The number of nitrogens with one attached hydrogen (secondary N) is 1. The van der Waals surface area contributed by atoms with Crippen LogP contribution in [0.25, 0.3) is 11.3 Å². The Balaban J connectivity index is 0.604. The van der Waals surface area contributed by atoms with Crippen LogP contribution in [0, 0.1) is 23.2 Å². The Bertz CT molecular complexity index is 2910. The summed E-state index contributed by atoms with van der Waals surface area (Å²) < 4.78 is 19.0. The van der Waals surface area contributed by atoms with E-state index in [0.717, 1.165) is 120 Å². The molecule has 78 heavy (non-hydrogen) atoms. The highest BCUT2D eigenvalue weighted by Gasteiger charge is 2.44. The zero-order chi connectivity index (χ0) is 54.0. The summed E-state index contributed by atoms with van der Waals surface area (Å²) >= 11 is 0. The SMILES string of the molecule is CC(C)[C@@H](C(=O)N1C[C@H](O)C[C@H]1C(=O)N[C@@H](C)c1ccc(C#N)cc1)c1cc(N2CCC(CN3CCC(O[C@H]4C[C@H](Oc5cc(N6C7CCCC6CN(c6cc(-c8ccccc8O)nnc6N)C7)ccn5)C4)CC3)CC2)no1. The number of benzene rings is 2. The van der Waals surface area contributed by atoms with Crippen LogP contribution < -0.4 is 30.5 Å². The van der Waals surface area contributed by atoms with Gasteiger partial charge in [-0.25, -0.2) is 4.98 Å². The van der Waals surface area contributed by atoms with Gasteiger partial charge in [0.05, 0.1) is 47.4 Å². The van der Waals surface area contributed by atoms with Gasteiger partial charge in [0.2, 0.25) is 17.7 Å². The second-order valence-electron chi connectivity index (χ2n) is 23.0. The first kappa shape index (κ1) is 53.0. The van der Waals surface area contributed by atoms with Crippen LogP contribution in [0.4, 0.5) is 23.0 Å². The van der Waals surface area contributed by atoms with Gasteiger partial charge >= 0.3 is 0 Å². The number of likely N-dealkylation sites (tertiary alicyclic amines) is 2. The number of rotatable bonds is 16. The van der Waals surface area contributed by atoms with Crippen molar-refractivity contribution in [3.63, 3.8) is 0 Å². The normalized spacial score (nSPS) is 24.9. The van der Waals surface area contributed by atoms with Gasteiger partial charge in [0.25, 0.3) is 0 Å². The number of ether oxygens (including phenoxy) is 2. The number of piperazine rings is 1. The Morgan fingerprint density at radius 3 is 2.32 bits per heavy atom. The highest BCUT2D eigenvalue weighted by atomic mass is 16.5. The summed E-state index contributed by atoms with van der Waals surface area (Å²) in [5, 5.41) is 46.4. The second kappa shape index (κ2) is 23.1. The molecule has 19 heteroatoms. The lowest BCUT2D eigenvalue weighted by atomic mass is 9.90. The number of phenolic OH excluding ortho intramolecular Hbond substituents is 1. The number of nitrogens with two attached hydrogens (primary N) is 1. The number of aliphatic hydroxyl groups excluding tert-OH is 1. The number of hydrogen-bond donors (Lipinski definition) is 4. The quantitative estimate of drug-likeness (QED) is 0.0793. The number of piperidine rings is 3. The lowest BCUT2D eigenvalue weighted by molar-refractivity contribution is -0.141. The third-order valence-corrected chi connectivity index (χ3v) is 17.3. The van der Waals surface area contributed by atoms with Gasteiger partial charge in [-0.3, -0.25) is 9.59 Å². The maximum Gasteiger partial charge on any atom is 0.243 e. The molecule has 0 radical (unpaired) electrons. The number of aliphatic hydroxyl groups is 1. The number of pyridine rings is 1. The van der Waals surface area contributed by atoms with Crippen LogP contribution in [0.1, 0.15) is 114 Å². The van der Waals surface area contributed by atoms with E-state index in [1.165, 1.54) is 11.3 Å². The first-order valence-electron chi connectivity index (χ1n) is 28.3. The first-order chi connectivity index (χ1) is 37.8. The van der Waals surface area contributed by atoms with Crippen molar-refractivity contribution in [2.45, 2.75) is 139 Å². The van der Waals surface area contributed by atoms with Crippen molar-refractivity contribution in [1.29, 1.82) is 5.26 Å². The molecule has 3 aromatic heterocycles. The molecule has 1 saturated carbocycles. The van der Waals surface area contributed by atoms with Crippen molar-refractivity contribution in [1.82, 2.24) is 35.5 Å².